The van der Waals surface area contributed by atoms with Crippen molar-refractivity contribution in [1.82, 2.24) is 0 Å². The Morgan fingerprint density at radius 3 is 1.88 bits per heavy atom. The molecule has 2 aromatic carbocycles. The lowest BCUT2D eigenvalue weighted by molar-refractivity contribution is -0.122. The SMILES string of the molecule is COC(=O)c1ccc(NC(=O)C2CC2C(=O)Nc2ccccc2)cc1. The van der Waals surface area contributed by atoms with Crippen LogP contribution in [0.25, 0.3) is 0 Å². The number of amides is 2. The third-order valence-corrected chi connectivity index (χ3v) is 4.08. The number of hydrogen-bond donors (Lipinski definition) is 2. The average Bonchev–Trinajstić information content (AvgIpc) is 3.43. The van der Waals surface area contributed by atoms with Crippen LogP contribution in [0.3, 0.4) is 0 Å². The van der Waals surface area contributed by atoms with E-state index in [-0.39, 0.29) is 23.7 Å². The first-order valence-corrected chi connectivity index (χ1v) is 7.93. The lowest BCUT2D eigenvalue weighted by Gasteiger charge is -2.07. The summed E-state index contributed by atoms with van der Waals surface area (Å²) in [6.45, 7) is 0. The van der Waals surface area contributed by atoms with Crippen molar-refractivity contribution >= 4 is 29.2 Å². The molecule has 0 bridgehead atoms. The molecule has 1 saturated carbocycles. The molecule has 0 aromatic heterocycles. The molecule has 1 fully saturated rings. The predicted molar refractivity (Wildman–Crippen MR) is 93.1 cm³/mol. The summed E-state index contributed by atoms with van der Waals surface area (Å²) in [6.07, 6.45) is 0.532. The first-order chi connectivity index (χ1) is 12.1. The molecule has 6 nitrogen and oxygen atoms in total. The van der Waals surface area contributed by atoms with Crippen molar-refractivity contribution in [2.24, 2.45) is 11.8 Å². The predicted octanol–water partition coefficient (Wildman–Crippen LogP) is 2.69. The fourth-order valence-electron chi connectivity index (χ4n) is 2.57. The Hall–Kier alpha value is -3.15. The van der Waals surface area contributed by atoms with Crippen molar-refractivity contribution in [1.29, 1.82) is 0 Å². The molecular weight excluding hydrogens is 320 g/mol. The number of ether oxygens (including phenoxy) is 1. The van der Waals surface area contributed by atoms with Gasteiger partial charge in [-0.1, -0.05) is 18.2 Å². The van der Waals surface area contributed by atoms with Crippen LogP contribution < -0.4 is 10.6 Å². The zero-order valence-corrected chi connectivity index (χ0v) is 13.7. The normalized spacial score (nSPS) is 18.1. The number of hydrogen-bond acceptors (Lipinski definition) is 4. The highest BCUT2D eigenvalue weighted by Gasteiger charge is 2.48. The van der Waals surface area contributed by atoms with E-state index in [0.29, 0.717) is 17.7 Å². The summed E-state index contributed by atoms with van der Waals surface area (Å²) in [6, 6.07) is 15.6. The maximum absolute atomic E-state index is 12.2. The van der Waals surface area contributed by atoms with E-state index < -0.39 is 5.97 Å². The number of methoxy groups -OCH3 is 1. The van der Waals surface area contributed by atoms with Crippen molar-refractivity contribution in [2.45, 2.75) is 6.42 Å². The molecule has 2 unspecified atom stereocenters. The number of benzene rings is 2. The van der Waals surface area contributed by atoms with Gasteiger partial charge in [0.15, 0.2) is 0 Å². The van der Waals surface area contributed by atoms with Gasteiger partial charge < -0.3 is 15.4 Å². The fraction of sp³-hybridized carbons (Fsp3) is 0.211. The third kappa shape index (κ3) is 4.03. The van der Waals surface area contributed by atoms with Crippen LogP contribution in [0.4, 0.5) is 11.4 Å². The molecule has 2 N–H and O–H groups in total. The van der Waals surface area contributed by atoms with Crippen molar-refractivity contribution in [3.05, 3.63) is 60.2 Å². The number of para-hydroxylation sites is 1. The summed E-state index contributed by atoms with van der Waals surface area (Å²) in [5.74, 6) is -1.41. The summed E-state index contributed by atoms with van der Waals surface area (Å²) < 4.78 is 4.62. The summed E-state index contributed by atoms with van der Waals surface area (Å²) in [7, 11) is 1.31. The van der Waals surface area contributed by atoms with Crippen LogP contribution in [0.15, 0.2) is 54.6 Å². The van der Waals surface area contributed by atoms with Crippen molar-refractivity contribution in [3.8, 4) is 0 Å². The molecule has 0 saturated heterocycles. The molecule has 0 spiro atoms. The molecule has 2 aromatic rings. The first kappa shape index (κ1) is 16.7. The number of anilines is 2. The van der Waals surface area contributed by atoms with Gasteiger partial charge in [0.05, 0.1) is 24.5 Å². The maximum Gasteiger partial charge on any atom is 0.337 e. The van der Waals surface area contributed by atoms with E-state index in [1.807, 2.05) is 18.2 Å². The van der Waals surface area contributed by atoms with Crippen LogP contribution in [-0.2, 0) is 14.3 Å². The Labute approximate surface area is 145 Å². The molecule has 2 atom stereocenters. The van der Waals surface area contributed by atoms with Crippen molar-refractivity contribution < 1.29 is 19.1 Å². The number of esters is 1. The number of rotatable bonds is 5. The Bertz CT molecular complexity index is 787. The van der Waals surface area contributed by atoms with Gasteiger partial charge in [-0.3, -0.25) is 9.59 Å². The Morgan fingerprint density at radius 1 is 0.840 bits per heavy atom. The van der Waals surface area contributed by atoms with Crippen molar-refractivity contribution in [3.63, 3.8) is 0 Å². The molecule has 3 rings (SSSR count). The largest absolute Gasteiger partial charge is 0.465 e. The minimum Gasteiger partial charge on any atom is -0.465 e. The maximum atomic E-state index is 12.2. The van der Waals surface area contributed by atoms with Gasteiger partial charge in [0.25, 0.3) is 0 Å². The smallest absolute Gasteiger partial charge is 0.337 e. The molecule has 2 amide bonds. The molecule has 0 aliphatic heterocycles. The van der Waals surface area contributed by atoms with E-state index in [0.717, 1.165) is 5.69 Å². The standard InChI is InChI=1S/C19H18N2O4/c1-25-19(24)12-7-9-14(10-8-12)21-18(23)16-11-15(16)17(22)20-13-5-3-2-4-6-13/h2-10,15-16H,11H2,1H3,(H,20,22)(H,21,23). The van der Waals surface area contributed by atoms with Crippen LogP contribution in [0, 0.1) is 11.8 Å². The second kappa shape index (κ2) is 7.17. The zero-order valence-electron chi connectivity index (χ0n) is 13.7. The molecular formula is C19H18N2O4. The average molecular weight is 338 g/mol. The van der Waals surface area contributed by atoms with Crippen LogP contribution in [0.5, 0.6) is 0 Å². The third-order valence-electron chi connectivity index (χ3n) is 4.08. The highest BCUT2D eigenvalue weighted by molar-refractivity contribution is 6.03. The second-order valence-electron chi connectivity index (χ2n) is 5.86. The van der Waals surface area contributed by atoms with E-state index in [1.165, 1.54) is 7.11 Å². The molecule has 6 heteroatoms. The van der Waals surface area contributed by atoms with Gasteiger partial charge in [-0.15, -0.1) is 0 Å². The molecule has 25 heavy (non-hydrogen) atoms. The fourth-order valence-corrected chi connectivity index (χ4v) is 2.57. The molecule has 0 heterocycles. The monoisotopic (exact) mass is 338 g/mol. The Kier molecular flexibility index (Phi) is 4.79. The summed E-state index contributed by atoms with van der Waals surface area (Å²) in [4.78, 5) is 35.8. The van der Waals surface area contributed by atoms with E-state index in [2.05, 4.69) is 15.4 Å². The quantitative estimate of drug-likeness (QED) is 0.821. The molecule has 128 valence electrons. The number of nitrogens with one attached hydrogen (secondary N) is 2. The van der Waals surface area contributed by atoms with Gasteiger partial charge in [0.2, 0.25) is 11.8 Å². The van der Waals surface area contributed by atoms with Gasteiger partial charge in [0, 0.05) is 11.4 Å². The topological polar surface area (TPSA) is 84.5 Å². The number of carbonyl (C=O) groups excluding carboxylic acids is 3. The van der Waals surface area contributed by atoms with E-state index in [9.17, 15) is 14.4 Å². The van der Waals surface area contributed by atoms with Gasteiger partial charge in [-0.05, 0) is 42.8 Å². The first-order valence-electron chi connectivity index (χ1n) is 7.93. The lowest BCUT2D eigenvalue weighted by atomic mass is 10.2. The van der Waals surface area contributed by atoms with Crippen LogP contribution in [-0.4, -0.2) is 24.9 Å². The van der Waals surface area contributed by atoms with E-state index in [4.69, 9.17) is 0 Å². The minimum atomic E-state index is -0.433. The summed E-state index contributed by atoms with van der Waals surface area (Å²) in [5, 5.41) is 5.57. The van der Waals surface area contributed by atoms with Crippen LogP contribution in [0.2, 0.25) is 0 Å². The Morgan fingerprint density at radius 2 is 1.36 bits per heavy atom. The van der Waals surface area contributed by atoms with Gasteiger partial charge >= 0.3 is 5.97 Å². The highest BCUT2D eigenvalue weighted by atomic mass is 16.5. The van der Waals surface area contributed by atoms with Gasteiger partial charge in [-0.2, -0.15) is 0 Å². The van der Waals surface area contributed by atoms with Crippen molar-refractivity contribution in [2.75, 3.05) is 17.7 Å². The molecule has 1 aliphatic carbocycles. The van der Waals surface area contributed by atoms with Crippen LogP contribution in [0.1, 0.15) is 16.8 Å². The Balaban J connectivity index is 1.53. The molecule has 0 radical (unpaired) electrons. The zero-order chi connectivity index (χ0) is 17.8. The molecule has 1 aliphatic rings. The van der Waals surface area contributed by atoms with E-state index >= 15 is 0 Å². The lowest BCUT2D eigenvalue weighted by Crippen LogP contribution is -2.20. The summed E-state index contributed by atoms with van der Waals surface area (Å²) in [5.41, 5.74) is 1.70. The summed E-state index contributed by atoms with van der Waals surface area (Å²) >= 11 is 0. The minimum absolute atomic E-state index is 0.146. The van der Waals surface area contributed by atoms with Gasteiger partial charge in [0.1, 0.15) is 0 Å². The second-order valence-corrected chi connectivity index (χ2v) is 5.86. The van der Waals surface area contributed by atoms with E-state index in [1.54, 1.807) is 36.4 Å². The highest BCUT2D eigenvalue weighted by Crippen LogP contribution is 2.40. The van der Waals surface area contributed by atoms with Crippen LogP contribution >= 0.6 is 0 Å². The number of carbonyl (C=O) groups is 3. The van der Waals surface area contributed by atoms with Gasteiger partial charge in [-0.25, -0.2) is 4.79 Å².